The van der Waals surface area contributed by atoms with Crippen LogP contribution in [0.25, 0.3) is 5.57 Å². The Bertz CT molecular complexity index is 2120. The molecular weight excluding hydrogens is 685 g/mol. The number of carbonyl (C=O) groups is 3. The molecule has 10 heteroatoms. The Balaban J connectivity index is 1.25. The summed E-state index contributed by atoms with van der Waals surface area (Å²) in [4.78, 5) is 44.7. The Kier molecular flexibility index (Phi) is 9.52. The smallest absolute Gasteiger partial charge is 0.333 e. The van der Waals surface area contributed by atoms with E-state index in [0.29, 0.717) is 35.5 Å². The predicted molar refractivity (Wildman–Crippen MR) is 197 cm³/mol. The van der Waals surface area contributed by atoms with Crippen LogP contribution in [0.15, 0.2) is 48.7 Å². The van der Waals surface area contributed by atoms with E-state index in [4.69, 9.17) is 28.0 Å². The molecule has 3 aliphatic heterocycles. The van der Waals surface area contributed by atoms with Crippen molar-refractivity contribution in [2.24, 2.45) is 0 Å². The van der Waals surface area contributed by atoms with Crippen LogP contribution in [0.2, 0.25) is 10.0 Å². The van der Waals surface area contributed by atoms with Gasteiger partial charge in [0.15, 0.2) is 0 Å². The Morgan fingerprint density at radius 3 is 2.47 bits per heavy atom. The van der Waals surface area contributed by atoms with Crippen molar-refractivity contribution in [1.82, 2.24) is 9.64 Å². The van der Waals surface area contributed by atoms with E-state index < -0.39 is 17.4 Å². The first kappa shape index (κ1) is 35.3. The zero-order valence-corrected chi connectivity index (χ0v) is 31.0. The standard InChI is InChI=1S/C41H43Cl2N3O5/c1-24-13-16-35(47)46(24)51-36(48)12-6-5-7-18-45-19-9-11-26-21-28-30(23-34(26)45)41(2,3)29-22-33-25(10-8-17-44(33)4)20-27(29)37(28)38-31(42)14-15-32(43)39(38)40(49)50/h14-15,20-23H,1,5-13,16-19H2,2-4H3. The number of fused-ring (bicyclic) bond motifs is 4. The maximum atomic E-state index is 12.7. The van der Waals surface area contributed by atoms with Gasteiger partial charge in [0.05, 0.1) is 16.7 Å². The number of hydrogen-bond donors (Lipinski definition) is 0. The number of benzene rings is 3. The average molecular weight is 729 g/mol. The first-order chi connectivity index (χ1) is 24.4. The molecule has 1 aliphatic carbocycles. The minimum atomic E-state index is -1.36. The number of amides is 1. The van der Waals surface area contributed by atoms with Gasteiger partial charge in [0.1, 0.15) is 13.6 Å². The fourth-order valence-electron chi connectivity index (χ4n) is 8.40. The van der Waals surface area contributed by atoms with Gasteiger partial charge >= 0.3 is 5.97 Å². The van der Waals surface area contributed by atoms with E-state index in [-0.39, 0.29) is 22.9 Å². The van der Waals surface area contributed by atoms with Crippen molar-refractivity contribution in [1.29, 1.82) is 0 Å². The maximum Gasteiger partial charge on any atom is 0.333 e. The van der Waals surface area contributed by atoms with Gasteiger partial charge in [0.2, 0.25) is 5.36 Å². The number of carbonyl (C=O) groups excluding carboxylic acids is 3. The van der Waals surface area contributed by atoms with Gasteiger partial charge in [-0.25, -0.2) is 9.37 Å². The summed E-state index contributed by atoms with van der Waals surface area (Å²) in [7, 11) is 2.13. The van der Waals surface area contributed by atoms with Crippen LogP contribution in [0.4, 0.5) is 5.69 Å². The summed E-state index contributed by atoms with van der Waals surface area (Å²) in [5.74, 6) is -1.99. The van der Waals surface area contributed by atoms with Gasteiger partial charge in [0, 0.05) is 71.2 Å². The van der Waals surface area contributed by atoms with Crippen molar-refractivity contribution < 1.29 is 24.3 Å². The summed E-state index contributed by atoms with van der Waals surface area (Å²) in [6, 6.07) is 12.3. The number of anilines is 1. The van der Waals surface area contributed by atoms with Gasteiger partial charge in [-0.1, -0.05) is 50.0 Å². The summed E-state index contributed by atoms with van der Waals surface area (Å²) < 4.78 is 2.31. The Hall–Kier alpha value is -4.14. The second-order valence-electron chi connectivity index (χ2n) is 14.8. The number of carboxylic acids is 1. The number of hydroxylamine groups is 2. The van der Waals surface area contributed by atoms with Gasteiger partial charge in [-0.3, -0.25) is 4.79 Å². The third kappa shape index (κ3) is 6.35. The second kappa shape index (κ2) is 13.8. The SMILES string of the molecule is C=C1CCC(=O)N1OC(=O)CCCCCN1CCCc2cc3c(cc21)C(C)(C)c1cc2c(cc1=C3c1c(Cl)ccc(Cl)c1C(=O)[O-])CCC[N+]=2C. The lowest BCUT2D eigenvalue weighted by Crippen LogP contribution is -2.42. The highest BCUT2D eigenvalue weighted by Crippen LogP contribution is 2.46. The summed E-state index contributed by atoms with van der Waals surface area (Å²) >= 11 is 13.5. The zero-order valence-electron chi connectivity index (χ0n) is 29.5. The number of hydrogen-bond acceptors (Lipinski definition) is 6. The molecule has 0 aromatic heterocycles. The largest absolute Gasteiger partial charge is 0.545 e. The van der Waals surface area contributed by atoms with E-state index in [1.807, 2.05) is 0 Å². The Morgan fingerprint density at radius 2 is 1.73 bits per heavy atom. The number of nitrogens with zero attached hydrogens (tertiary/aromatic N) is 3. The van der Waals surface area contributed by atoms with Crippen LogP contribution < -0.4 is 25.2 Å². The zero-order chi connectivity index (χ0) is 36.2. The topological polar surface area (TPSA) is 93.0 Å². The summed E-state index contributed by atoms with van der Waals surface area (Å²) in [5, 5.41) is 16.4. The van der Waals surface area contributed by atoms with Crippen LogP contribution >= 0.6 is 23.2 Å². The third-order valence-corrected chi connectivity index (χ3v) is 11.7. The summed E-state index contributed by atoms with van der Waals surface area (Å²) in [5.41, 5.74) is 8.04. The molecule has 4 aliphatic rings. The van der Waals surface area contributed by atoms with Crippen molar-refractivity contribution in [2.45, 2.75) is 83.5 Å². The highest BCUT2D eigenvalue weighted by molar-refractivity contribution is 6.37. The van der Waals surface area contributed by atoms with Crippen molar-refractivity contribution in [2.75, 3.05) is 31.6 Å². The number of carboxylic acid groups (broad SMARTS) is 1. The Labute approximate surface area is 308 Å². The minimum absolute atomic E-state index is 0.0918. The molecule has 1 saturated heterocycles. The molecule has 8 nitrogen and oxygen atoms in total. The monoisotopic (exact) mass is 727 g/mol. The van der Waals surface area contributed by atoms with Gasteiger partial charge < -0.3 is 19.6 Å². The molecule has 1 fully saturated rings. The number of unbranched alkanes of at least 4 members (excludes halogenated alkanes) is 2. The molecule has 0 atom stereocenters. The van der Waals surface area contributed by atoms with E-state index in [2.05, 4.69) is 61.2 Å². The molecule has 0 saturated carbocycles. The molecule has 3 aromatic rings. The normalized spacial score (nSPS) is 17.6. The molecule has 0 N–H and O–H groups in total. The maximum absolute atomic E-state index is 12.7. The number of aryl methyl sites for hydroxylation is 2. The molecular formula is C41H43Cl2N3O5. The van der Waals surface area contributed by atoms with E-state index in [9.17, 15) is 19.5 Å². The number of allylic oxidation sites excluding steroid dienone is 1. The van der Waals surface area contributed by atoms with Crippen molar-refractivity contribution in [3.8, 4) is 0 Å². The van der Waals surface area contributed by atoms with Crippen LogP contribution in [0.3, 0.4) is 0 Å². The highest BCUT2D eigenvalue weighted by atomic mass is 35.5. The number of aromatic carboxylic acids is 1. The fourth-order valence-corrected chi connectivity index (χ4v) is 8.89. The summed E-state index contributed by atoms with van der Waals surface area (Å²) in [6.07, 6.45) is 7.37. The molecule has 0 bridgehead atoms. The molecule has 3 aromatic carbocycles. The lowest BCUT2D eigenvalue weighted by Gasteiger charge is -2.39. The van der Waals surface area contributed by atoms with Crippen LogP contribution in [0, 0.1) is 0 Å². The fraction of sp³-hybridized carbons (Fsp3) is 0.415. The van der Waals surface area contributed by atoms with Gasteiger partial charge in [0.25, 0.3) is 5.91 Å². The summed E-state index contributed by atoms with van der Waals surface area (Å²) in [6.45, 7) is 11.0. The quantitative estimate of drug-likeness (QED) is 0.222. The molecule has 0 spiro atoms. The molecule has 1 amide bonds. The predicted octanol–water partition coefficient (Wildman–Crippen LogP) is 5.22. The van der Waals surface area contributed by atoms with Crippen molar-refractivity contribution in [3.63, 3.8) is 0 Å². The molecule has 51 heavy (non-hydrogen) atoms. The second-order valence-corrected chi connectivity index (χ2v) is 15.6. The molecule has 3 heterocycles. The van der Waals surface area contributed by atoms with Crippen LogP contribution in [0.1, 0.15) is 109 Å². The molecule has 0 unspecified atom stereocenters. The average Bonchev–Trinajstić information content (AvgIpc) is 3.40. The van der Waals surface area contributed by atoms with E-state index in [1.165, 1.54) is 28.2 Å². The lowest BCUT2D eigenvalue weighted by molar-refractivity contribution is -0.255. The van der Waals surface area contributed by atoms with Crippen molar-refractivity contribution in [3.05, 3.63) is 108 Å². The minimum Gasteiger partial charge on any atom is -0.545 e. The Morgan fingerprint density at radius 1 is 0.961 bits per heavy atom. The van der Waals surface area contributed by atoms with E-state index in [0.717, 1.165) is 90.7 Å². The molecule has 266 valence electrons. The van der Waals surface area contributed by atoms with Gasteiger partial charge in [-0.15, -0.1) is 5.06 Å². The lowest BCUT2D eigenvalue weighted by atomic mass is 9.67. The van der Waals surface area contributed by atoms with Crippen LogP contribution in [-0.2, 0) is 32.7 Å². The number of rotatable bonds is 9. The first-order valence-corrected chi connectivity index (χ1v) is 18.7. The van der Waals surface area contributed by atoms with Crippen molar-refractivity contribution >= 4 is 52.3 Å². The molecule has 7 rings (SSSR count). The number of halogens is 2. The molecule has 0 radical (unpaired) electrons. The van der Waals surface area contributed by atoms with E-state index in [1.54, 1.807) is 6.07 Å². The van der Waals surface area contributed by atoms with Gasteiger partial charge in [-0.05, 0) is 102 Å². The first-order valence-electron chi connectivity index (χ1n) is 18.0. The van der Waals surface area contributed by atoms with Gasteiger partial charge in [-0.2, -0.15) is 0 Å². The third-order valence-electron chi connectivity index (χ3n) is 11.1. The van der Waals surface area contributed by atoms with E-state index >= 15 is 0 Å². The van der Waals surface area contributed by atoms with Crippen LogP contribution in [0.5, 0.6) is 0 Å². The van der Waals surface area contributed by atoms with Crippen LogP contribution in [-0.4, -0.2) is 49.6 Å². The highest BCUT2D eigenvalue weighted by Gasteiger charge is 2.38.